The van der Waals surface area contributed by atoms with Crippen LogP contribution in [0.5, 0.6) is 11.5 Å². The van der Waals surface area contributed by atoms with E-state index in [1.807, 2.05) is 51.2 Å². The minimum Gasteiger partial charge on any atom is -0.486 e. The highest BCUT2D eigenvalue weighted by Crippen LogP contribution is 2.38. The second-order valence-corrected chi connectivity index (χ2v) is 7.13. The van der Waals surface area contributed by atoms with E-state index in [1.165, 1.54) is 0 Å². The first-order valence-corrected chi connectivity index (χ1v) is 9.07. The Kier molecular flexibility index (Phi) is 5.69. The van der Waals surface area contributed by atoms with Gasteiger partial charge in [0.05, 0.1) is 12.1 Å². The van der Waals surface area contributed by atoms with E-state index in [4.69, 9.17) is 21.1 Å². The number of anilines is 1. The van der Waals surface area contributed by atoms with Gasteiger partial charge in [0.2, 0.25) is 0 Å². The summed E-state index contributed by atoms with van der Waals surface area (Å²) in [5.74, 6) is 1.27. The topological polar surface area (TPSA) is 52.0 Å². The number of benzene rings is 2. The number of likely N-dealkylation sites (N-methyl/N-ethyl adjacent to an activating group) is 1. The van der Waals surface area contributed by atoms with Gasteiger partial charge < -0.3 is 19.7 Å². The fraction of sp³-hybridized carbons (Fsp3) is 0.350. The zero-order valence-corrected chi connectivity index (χ0v) is 16.1. The molecule has 0 bridgehead atoms. The molecular formula is C20H24ClN2O3+. The van der Waals surface area contributed by atoms with Crippen LogP contribution in [-0.4, -0.2) is 32.7 Å². The molecule has 138 valence electrons. The molecule has 1 aliphatic rings. The molecule has 1 atom stereocenters. The van der Waals surface area contributed by atoms with Gasteiger partial charge in [-0.3, -0.25) is 4.79 Å². The Labute approximate surface area is 158 Å². The molecule has 6 heteroatoms. The van der Waals surface area contributed by atoms with Gasteiger partial charge in [0.25, 0.3) is 5.91 Å². The highest BCUT2D eigenvalue weighted by Gasteiger charge is 2.19. The van der Waals surface area contributed by atoms with Crippen LogP contribution in [0.15, 0.2) is 30.3 Å². The molecule has 26 heavy (non-hydrogen) atoms. The third-order valence-corrected chi connectivity index (χ3v) is 4.65. The van der Waals surface area contributed by atoms with Crippen LogP contribution in [0.1, 0.15) is 16.7 Å². The van der Waals surface area contributed by atoms with E-state index >= 15 is 0 Å². The van der Waals surface area contributed by atoms with E-state index in [1.54, 1.807) is 0 Å². The van der Waals surface area contributed by atoms with Gasteiger partial charge >= 0.3 is 0 Å². The first-order chi connectivity index (χ1) is 12.4. The maximum Gasteiger partial charge on any atom is 0.279 e. The van der Waals surface area contributed by atoms with Crippen LogP contribution in [0.2, 0.25) is 5.02 Å². The molecule has 2 aromatic rings. The van der Waals surface area contributed by atoms with Gasteiger partial charge in [-0.05, 0) is 37.1 Å². The normalized spacial score (nSPS) is 14.0. The summed E-state index contributed by atoms with van der Waals surface area (Å²) in [5, 5.41) is 3.57. The smallest absolute Gasteiger partial charge is 0.279 e. The largest absolute Gasteiger partial charge is 0.486 e. The third-order valence-electron chi connectivity index (χ3n) is 4.37. The molecule has 2 aromatic carbocycles. The number of hydrogen-bond acceptors (Lipinski definition) is 3. The molecule has 5 nitrogen and oxygen atoms in total. The monoisotopic (exact) mass is 375 g/mol. The van der Waals surface area contributed by atoms with Crippen molar-refractivity contribution in [2.24, 2.45) is 0 Å². The van der Waals surface area contributed by atoms with Crippen LogP contribution in [0.25, 0.3) is 0 Å². The molecule has 3 rings (SSSR count). The maximum absolute atomic E-state index is 12.4. The van der Waals surface area contributed by atoms with Crippen molar-refractivity contribution in [2.45, 2.75) is 20.4 Å². The molecule has 2 N–H and O–H groups in total. The van der Waals surface area contributed by atoms with E-state index in [2.05, 4.69) is 5.32 Å². The fourth-order valence-corrected chi connectivity index (χ4v) is 3.43. The van der Waals surface area contributed by atoms with Crippen molar-refractivity contribution in [3.63, 3.8) is 0 Å². The predicted molar refractivity (Wildman–Crippen MR) is 102 cm³/mol. The van der Waals surface area contributed by atoms with Gasteiger partial charge in [0.1, 0.15) is 19.8 Å². The number of para-hydroxylation sites is 1. The van der Waals surface area contributed by atoms with E-state index in [9.17, 15) is 4.79 Å². The molecule has 0 aliphatic carbocycles. The summed E-state index contributed by atoms with van der Waals surface area (Å²) in [4.78, 5) is 13.5. The second-order valence-electron chi connectivity index (χ2n) is 6.73. The lowest BCUT2D eigenvalue weighted by molar-refractivity contribution is -0.885. The van der Waals surface area contributed by atoms with Gasteiger partial charge in [-0.15, -0.1) is 0 Å². The van der Waals surface area contributed by atoms with E-state index in [0.717, 1.165) is 27.3 Å². The lowest BCUT2D eigenvalue weighted by atomic mass is 10.1. The average Bonchev–Trinajstić information content (AvgIpc) is 2.58. The molecule has 0 spiro atoms. The summed E-state index contributed by atoms with van der Waals surface area (Å²) >= 11 is 6.29. The van der Waals surface area contributed by atoms with Crippen molar-refractivity contribution >= 4 is 23.2 Å². The third kappa shape index (κ3) is 4.29. The number of hydrogen-bond donors (Lipinski definition) is 2. The summed E-state index contributed by atoms with van der Waals surface area (Å²) in [5.41, 5.74) is 4.04. The number of halogens is 1. The van der Waals surface area contributed by atoms with Crippen molar-refractivity contribution in [1.82, 2.24) is 0 Å². The number of rotatable bonds is 5. The van der Waals surface area contributed by atoms with E-state index in [-0.39, 0.29) is 5.91 Å². The summed E-state index contributed by atoms with van der Waals surface area (Å²) in [6.07, 6.45) is 0. The van der Waals surface area contributed by atoms with Crippen LogP contribution in [-0.2, 0) is 11.3 Å². The maximum atomic E-state index is 12.4. The van der Waals surface area contributed by atoms with Crippen LogP contribution in [0.4, 0.5) is 5.69 Å². The zero-order valence-electron chi connectivity index (χ0n) is 15.3. The molecule has 0 saturated heterocycles. The Morgan fingerprint density at radius 2 is 1.88 bits per heavy atom. The molecule has 0 fully saturated rings. The molecule has 0 saturated carbocycles. The van der Waals surface area contributed by atoms with Gasteiger partial charge in [-0.25, -0.2) is 0 Å². The first-order valence-electron chi connectivity index (χ1n) is 8.69. The van der Waals surface area contributed by atoms with Crippen LogP contribution in [0, 0.1) is 13.8 Å². The molecule has 1 unspecified atom stereocenters. The number of fused-ring (bicyclic) bond motifs is 1. The van der Waals surface area contributed by atoms with Gasteiger partial charge in [0.15, 0.2) is 18.0 Å². The highest BCUT2D eigenvalue weighted by molar-refractivity contribution is 6.32. The van der Waals surface area contributed by atoms with E-state index < -0.39 is 0 Å². The number of quaternary nitrogens is 1. The quantitative estimate of drug-likeness (QED) is 0.843. The number of aryl methyl sites for hydroxylation is 2. The number of carbonyl (C=O) groups excluding carboxylic acids is 1. The zero-order chi connectivity index (χ0) is 18.7. The lowest BCUT2D eigenvalue weighted by Gasteiger charge is -2.21. The van der Waals surface area contributed by atoms with Crippen molar-refractivity contribution < 1.29 is 19.2 Å². The average molecular weight is 376 g/mol. The number of nitrogens with one attached hydrogen (secondary N) is 2. The molecule has 1 aliphatic heterocycles. The summed E-state index contributed by atoms with van der Waals surface area (Å²) in [6.45, 7) is 6.05. The Hall–Kier alpha value is -2.24. The van der Waals surface area contributed by atoms with Gasteiger partial charge in [-0.1, -0.05) is 29.8 Å². The van der Waals surface area contributed by atoms with Crippen molar-refractivity contribution in [3.8, 4) is 11.5 Å². The van der Waals surface area contributed by atoms with Gasteiger partial charge in [-0.2, -0.15) is 0 Å². The molecular weight excluding hydrogens is 352 g/mol. The SMILES string of the molecule is Cc1cccc(C)c1NC(=O)C[NH+](C)Cc1cc(Cl)c2c(c1)OCCO2. The van der Waals surface area contributed by atoms with Gasteiger partial charge in [0, 0.05) is 11.3 Å². The van der Waals surface area contributed by atoms with Crippen LogP contribution in [0.3, 0.4) is 0 Å². The standard InChI is InChI=1S/C20H23ClN2O3/c1-13-5-4-6-14(2)19(13)22-18(24)12-23(3)11-15-9-16(21)20-17(10-15)25-7-8-26-20/h4-6,9-10H,7-8,11-12H2,1-3H3,(H,22,24)/p+1. The predicted octanol–water partition coefficient (Wildman–Crippen LogP) is 2.38. The van der Waals surface area contributed by atoms with Crippen LogP contribution >= 0.6 is 11.6 Å². The Bertz CT molecular complexity index is 803. The summed E-state index contributed by atoms with van der Waals surface area (Å²) < 4.78 is 11.2. The van der Waals surface area contributed by atoms with Crippen LogP contribution < -0.4 is 19.7 Å². The summed E-state index contributed by atoms with van der Waals surface area (Å²) in [7, 11) is 1.98. The number of carbonyl (C=O) groups is 1. The highest BCUT2D eigenvalue weighted by atomic mass is 35.5. The second kappa shape index (κ2) is 7.98. The van der Waals surface area contributed by atoms with E-state index in [0.29, 0.717) is 42.8 Å². The number of ether oxygens (including phenoxy) is 2. The van der Waals surface area contributed by atoms with Crippen molar-refractivity contribution in [3.05, 3.63) is 52.0 Å². The molecule has 0 radical (unpaired) electrons. The minimum absolute atomic E-state index is 0.0106. The Morgan fingerprint density at radius 1 is 1.19 bits per heavy atom. The van der Waals surface area contributed by atoms with Crippen molar-refractivity contribution in [2.75, 3.05) is 32.1 Å². The Morgan fingerprint density at radius 3 is 2.62 bits per heavy atom. The minimum atomic E-state index is -0.0106. The number of amides is 1. The lowest BCUT2D eigenvalue weighted by Crippen LogP contribution is -3.08. The summed E-state index contributed by atoms with van der Waals surface area (Å²) in [6, 6.07) is 9.80. The molecule has 1 amide bonds. The molecule has 0 aromatic heterocycles. The first kappa shape index (κ1) is 18.5. The molecule has 1 heterocycles. The fourth-order valence-electron chi connectivity index (χ4n) is 3.15. The van der Waals surface area contributed by atoms with Crippen molar-refractivity contribution in [1.29, 1.82) is 0 Å². The Balaban J connectivity index is 1.63.